The van der Waals surface area contributed by atoms with Crippen molar-refractivity contribution >= 4 is 17.2 Å². The minimum Gasteiger partial charge on any atom is -0.374 e. The first-order chi connectivity index (χ1) is 5.86. The summed E-state index contributed by atoms with van der Waals surface area (Å²) >= 11 is 5.18. The Morgan fingerprint density at radius 2 is 2.50 bits per heavy atom. The summed E-state index contributed by atoms with van der Waals surface area (Å²) in [6.07, 6.45) is 4.61. The van der Waals surface area contributed by atoms with Crippen LogP contribution in [0, 0.1) is 5.92 Å². The van der Waals surface area contributed by atoms with Gasteiger partial charge >= 0.3 is 0 Å². The molecule has 2 rings (SSSR count). The molecule has 1 aliphatic rings. The highest BCUT2D eigenvalue weighted by Crippen LogP contribution is 2.27. The average molecular weight is 180 g/mol. The van der Waals surface area contributed by atoms with Crippen LogP contribution in [0.15, 0.2) is 18.3 Å². The summed E-state index contributed by atoms with van der Waals surface area (Å²) in [6, 6.07) is 3.95. The summed E-state index contributed by atoms with van der Waals surface area (Å²) in [5.41, 5.74) is 1.02. The summed E-state index contributed by atoms with van der Waals surface area (Å²) in [7, 11) is 0. The van der Waals surface area contributed by atoms with Gasteiger partial charge in [0, 0.05) is 12.7 Å². The van der Waals surface area contributed by atoms with E-state index in [1.807, 2.05) is 18.3 Å². The van der Waals surface area contributed by atoms with Crippen LogP contribution in [-0.4, -0.2) is 16.5 Å². The molecule has 1 fully saturated rings. The van der Waals surface area contributed by atoms with Gasteiger partial charge < -0.3 is 10.3 Å². The van der Waals surface area contributed by atoms with E-state index >= 15 is 0 Å². The van der Waals surface area contributed by atoms with Gasteiger partial charge in [0.15, 0.2) is 0 Å². The van der Waals surface area contributed by atoms with Gasteiger partial charge in [0.2, 0.25) is 0 Å². The van der Waals surface area contributed by atoms with Crippen LogP contribution in [0.2, 0.25) is 0 Å². The molecule has 0 saturated heterocycles. The summed E-state index contributed by atoms with van der Waals surface area (Å²) < 4.78 is 0. The zero-order chi connectivity index (χ0) is 8.39. The topological polar surface area (TPSA) is 27.8 Å². The summed E-state index contributed by atoms with van der Waals surface area (Å²) in [5, 5.41) is 3.25. The zero-order valence-electron chi connectivity index (χ0n) is 6.84. The molecule has 1 aromatic heterocycles. The molecule has 0 atom stereocenters. The summed E-state index contributed by atoms with van der Waals surface area (Å²) in [5.74, 6) is 0.873. The molecule has 12 heavy (non-hydrogen) atoms. The molecule has 1 aromatic rings. The second-order valence-corrected chi connectivity index (χ2v) is 3.65. The van der Waals surface area contributed by atoms with Crippen LogP contribution < -0.4 is 5.32 Å². The molecule has 0 unspecified atom stereocenters. The third kappa shape index (κ3) is 1.85. The molecular weight excluding hydrogens is 168 g/mol. The predicted octanol–water partition coefficient (Wildman–Crippen LogP) is 1.69. The van der Waals surface area contributed by atoms with Gasteiger partial charge in [-0.2, -0.15) is 0 Å². The fourth-order valence-electron chi connectivity index (χ4n) is 1.13. The zero-order valence-corrected chi connectivity index (χ0v) is 7.66. The summed E-state index contributed by atoms with van der Waals surface area (Å²) in [4.78, 5) is 3.92. The number of hydrogen-bond acceptors (Lipinski definition) is 1. The number of rotatable bonds is 3. The first kappa shape index (κ1) is 7.80. The number of H-pyrrole nitrogens is 1. The van der Waals surface area contributed by atoms with Gasteiger partial charge in [-0.15, -0.1) is 0 Å². The molecule has 3 heteroatoms. The number of aromatic amines is 1. The van der Waals surface area contributed by atoms with Crippen molar-refractivity contribution in [1.82, 2.24) is 10.3 Å². The average Bonchev–Trinajstić information content (AvgIpc) is 2.74. The van der Waals surface area contributed by atoms with Crippen molar-refractivity contribution in [2.75, 3.05) is 6.54 Å². The lowest BCUT2D eigenvalue weighted by atomic mass is 10.4. The Morgan fingerprint density at radius 3 is 3.08 bits per heavy atom. The van der Waals surface area contributed by atoms with Gasteiger partial charge in [0.25, 0.3) is 0 Å². The van der Waals surface area contributed by atoms with Crippen molar-refractivity contribution in [2.24, 2.45) is 5.92 Å². The standard InChI is InChI=1S/C9H12N2S/c12-9(8-2-1-5-10-8)11-6-7-3-4-7/h1-2,5,7,10H,3-4,6H2,(H,11,12). The van der Waals surface area contributed by atoms with E-state index in [0.717, 1.165) is 23.1 Å². The van der Waals surface area contributed by atoms with E-state index < -0.39 is 0 Å². The first-order valence-electron chi connectivity index (χ1n) is 4.28. The monoisotopic (exact) mass is 180 g/mol. The fourth-order valence-corrected chi connectivity index (χ4v) is 1.34. The van der Waals surface area contributed by atoms with Crippen molar-refractivity contribution in [1.29, 1.82) is 0 Å². The Balaban J connectivity index is 1.83. The number of aromatic nitrogens is 1. The van der Waals surface area contributed by atoms with Gasteiger partial charge in [0.05, 0.1) is 5.69 Å². The van der Waals surface area contributed by atoms with Gasteiger partial charge in [-0.05, 0) is 30.9 Å². The quantitative estimate of drug-likeness (QED) is 0.693. The maximum atomic E-state index is 5.18. The van der Waals surface area contributed by atoms with E-state index in [1.165, 1.54) is 12.8 Å². The molecule has 0 aromatic carbocycles. The molecule has 0 amide bonds. The third-order valence-electron chi connectivity index (χ3n) is 2.09. The second-order valence-electron chi connectivity index (χ2n) is 3.24. The Morgan fingerprint density at radius 1 is 1.67 bits per heavy atom. The van der Waals surface area contributed by atoms with Crippen molar-refractivity contribution in [3.05, 3.63) is 24.0 Å². The first-order valence-corrected chi connectivity index (χ1v) is 4.68. The van der Waals surface area contributed by atoms with E-state index in [-0.39, 0.29) is 0 Å². The van der Waals surface area contributed by atoms with Crippen LogP contribution in [-0.2, 0) is 0 Å². The van der Waals surface area contributed by atoms with E-state index in [0.29, 0.717) is 0 Å². The van der Waals surface area contributed by atoms with Crippen LogP contribution >= 0.6 is 12.2 Å². The smallest absolute Gasteiger partial charge is 0.123 e. The van der Waals surface area contributed by atoms with Crippen molar-refractivity contribution in [3.8, 4) is 0 Å². The van der Waals surface area contributed by atoms with Crippen LogP contribution in [0.25, 0.3) is 0 Å². The Labute approximate surface area is 77.4 Å². The number of nitrogens with one attached hydrogen (secondary N) is 2. The van der Waals surface area contributed by atoms with Crippen molar-refractivity contribution in [3.63, 3.8) is 0 Å². The van der Waals surface area contributed by atoms with Crippen LogP contribution in [0.1, 0.15) is 18.5 Å². The van der Waals surface area contributed by atoms with Gasteiger partial charge in [-0.3, -0.25) is 0 Å². The maximum absolute atomic E-state index is 5.18. The van der Waals surface area contributed by atoms with E-state index in [1.54, 1.807) is 0 Å². The highest BCUT2D eigenvalue weighted by Gasteiger charge is 2.21. The molecule has 0 aliphatic heterocycles. The van der Waals surface area contributed by atoms with Crippen LogP contribution in [0.4, 0.5) is 0 Å². The van der Waals surface area contributed by atoms with Crippen molar-refractivity contribution in [2.45, 2.75) is 12.8 Å². The minimum atomic E-state index is 0.840. The van der Waals surface area contributed by atoms with Crippen LogP contribution in [0.3, 0.4) is 0 Å². The lowest BCUT2D eigenvalue weighted by Gasteiger charge is -2.03. The van der Waals surface area contributed by atoms with Gasteiger partial charge in [-0.25, -0.2) is 0 Å². The van der Waals surface area contributed by atoms with E-state index in [2.05, 4.69) is 10.3 Å². The maximum Gasteiger partial charge on any atom is 0.123 e. The highest BCUT2D eigenvalue weighted by molar-refractivity contribution is 7.80. The van der Waals surface area contributed by atoms with Gasteiger partial charge in [-0.1, -0.05) is 12.2 Å². The largest absolute Gasteiger partial charge is 0.374 e. The molecule has 0 bridgehead atoms. The third-order valence-corrected chi connectivity index (χ3v) is 2.46. The fraction of sp³-hybridized carbons (Fsp3) is 0.444. The van der Waals surface area contributed by atoms with Crippen molar-refractivity contribution < 1.29 is 0 Å². The second kappa shape index (κ2) is 3.27. The van der Waals surface area contributed by atoms with Gasteiger partial charge in [0.1, 0.15) is 4.99 Å². The van der Waals surface area contributed by atoms with Crippen LogP contribution in [0.5, 0.6) is 0 Å². The lowest BCUT2D eigenvalue weighted by Crippen LogP contribution is -2.24. The van der Waals surface area contributed by atoms with E-state index in [9.17, 15) is 0 Å². The molecular formula is C9H12N2S. The highest BCUT2D eigenvalue weighted by atomic mass is 32.1. The molecule has 0 spiro atoms. The Kier molecular flexibility index (Phi) is 2.13. The molecule has 2 nitrogen and oxygen atoms in total. The molecule has 1 heterocycles. The number of thiocarbonyl (C=S) groups is 1. The minimum absolute atomic E-state index is 0.840. The summed E-state index contributed by atoms with van der Waals surface area (Å²) in [6.45, 7) is 1.04. The SMILES string of the molecule is S=C(NCC1CC1)c1ccc[nH]1. The normalized spacial score (nSPS) is 16.0. The molecule has 2 N–H and O–H groups in total. The lowest BCUT2D eigenvalue weighted by molar-refractivity contribution is 0.778. The predicted molar refractivity (Wildman–Crippen MR) is 53.2 cm³/mol. The molecule has 0 radical (unpaired) electrons. The van der Waals surface area contributed by atoms with E-state index in [4.69, 9.17) is 12.2 Å². The Bertz CT molecular complexity index is 262. The Hall–Kier alpha value is -0.830. The molecule has 64 valence electrons. The molecule has 1 saturated carbocycles. The number of hydrogen-bond donors (Lipinski definition) is 2. The molecule has 1 aliphatic carbocycles.